The van der Waals surface area contributed by atoms with E-state index in [9.17, 15) is 18.7 Å². The molecule has 5 nitrogen and oxygen atoms in total. The van der Waals surface area contributed by atoms with Crippen LogP contribution in [0.1, 0.15) is 66.9 Å². The molecule has 0 radical (unpaired) electrons. The lowest BCUT2D eigenvalue weighted by atomic mass is 9.99. The molecule has 1 fully saturated rings. The van der Waals surface area contributed by atoms with E-state index in [2.05, 4.69) is 9.97 Å². The average Bonchev–Trinajstić information content (AvgIpc) is 3.72. The van der Waals surface area contributed by atoms with Crippen LogP contribution in [-0.4, -0.2) is 19.6 Å². The molecule has 5 rings (SSSR count). The van der Waals surface area contributed by atoms with Crippen LogP contribution in [0.3, 0.4) is 0 Å². The molecule has 0 bridgehead atoms. The van der Waals surface area contributed by atoms with Gasteiger partial charge in [0, 0.05) is 36.4 Å². The van der Waals surface area contributed by atoms with Crippen LogP contribution in [0, 0.1) is 24.5 Å². The summed E-state index contributed by atoms with van der Waals surface area (Å²) in [5, 5.41) is 10.9. The van der Waals surface area contributed by atoms with Crippen LogP contribution in [0.4, 0.5) is 8.78 Å². The van der Waals surface area contributed by atoms with Gasteiger partial charge >= 0.3 is 0 Å². The van der Waals surface area contributed by atoms with Crippen molar-refractivity contribution in [3.8, 4) is 17.0 Å². The van der Waals surface area contributed by atoms with Crippen molar-refractivity contribution in [3.63, 3.8) is 0 Å². The number of aryl methyl sites for hydroxylation is 2. The average molecular weight is 516 g/mol. The van der Waals surface area contributed by atoms with Gasteiger partial charge in [-0.1, -0.05) is 50.1 Å². The van der Waals surface area contributed by atoms with Gasteiger partial charge in [0.25, 0.3) is 5.56 Å². The van der Waals surface area contributed by atoms with Crippen LogP contribution in [-0.2, 0) is 12.8 Å². The molecule has 1 atom stereocenters. The second-order valence-corrected chi connectivity index (χ2v) is 10.1. The van der Waals surface area contributed by atoms with Gasteiger partial charge in [-0.15, -0.1) is 0 Å². The first kappa shape index (κ1) is 25.8. The summed E-state index contributed by atoms with van der Waals surface area (Å²) in [7, 11) is 0. The minimum atomic E-state index is -0.693. The third-order valence-corrected chi connectivity index (χ3v) is 7.35. The highest BCUT2D eigenvalue weighted by Crippen LogP contribution is 2.34. The molecule has 196 valence electrons. The van der Waals surface area contributed by atoms with Gasteiger partial charge < -0.3 is 5.11 Å². The van der Waals surface area contributed by atoms with E-state index < -0.39 is 17.7 Å². The fourth-order valence-electron chi connectivity index (χ4n) is 5.12. The van der Waals surface area contributed by atoms with Crippen LogP contribution in [0.25, 0.3) is 11.1 Å². The Morgan fingerprint density at radius 3 is 2.42 bits per heavy atom. The summed E-state index contributed by atoms with van der Waals surface area (Å²) in [5.41, 5.74) is 3.95. The first-order chi connectivity index (χ1) is 18.3. The highest BCUT2D eigenvalue weighted by molar-refractivity contribution is 5.65. The van der Waals surface area contributed by atoms with Crippen molar-refractivity contribution in [1.82, 2.24) is 14.5 Å². The van der Waals surface area contributed by atoms with Gasteiger partial charge in [-0.05, 0) is 60.6 Å². The van der Waals surface area contributed by atoms with Crippen LogP contribution < -0.4 is 5.56 Å². The second kappa shape index (κ2) is 10.9. The lowest BCUT2D eigenvalue weighted by Crippen LogP contribution is -2.32. The Morgan fingerprint density at radius 1 is 1.08 bits per heavy atom. The summed E-state index contributed by atoms with van der Waals surface area (Å²) in [6.45, 7) is 3.82. The standard InChI is InChI=1S/C31H31F2N3O2/c1-3-28(23-16-24(32)18-25(33)17-23)36-29(13-10-20-6-7-20)35-30(37)27(31(36)38)15-21-8-11-22(12-9-21)26-5-4-14-34-19(26)2/h4-5,8-9,11-12,14,16-18,20,28,37H,3,6-7,10,13,15H2,1-2H3/t28-/m0/s1. The molecule has 2 aromatic heterocycles. The maximum atomic E-state index is 14.1. The van der Waals surface area contributed by atoms with Gasteiger partial charge in [-0.2, -0.15) is 4.98 Å². The van der Waals surface area contributed by atoms with Crippen LogP contribution in [0.2, 0.25) is 0 Å². The molecular formula is C31H31F2N3O2. The molecule has 1 N–H and O–H groups in total. The van der Waals surface area contributed by atoms with Gasteiger partial charge in [0.15, 0.2) is 0 Å². The zero-order valence-electron chi connectivity index (χ0n) is 21.6. The number of aromatic hydroxyl groups is 1. The molecule has 1 saturated carbocycles. The van der Waals surface area contributed by atoms with Crippen LogP contribution in [0.5, 0.6) is 5.88 Å². The summed E-state index contributed by atoms with van der Waals surface area (Å²) in [4.78, 5) is 22.7. The van der Waals surface area contributed by atoms with Crippen molar-refractivity contribution in [2.24, 2.45) is 5.92 Å². The van der Waals surface area contributed by atoms with Crippen molar-refractivity contribution >= 4 is 0 Å². The highest BCUT2D eigenvalue weighted by Gasteiger charge is 2.26. The Kier molecular flexibility index (Phi) is 7.36. The lowest BCUT2D eigenvalue weighted by Gasteiger charge is -2.24. The molecule has 7 heteroatoms. The minimum Gasteiger partial charge on any atom is -0.493 e. The number of halogens is 2. The first-order valence-electron chi connectivity index (χ1n) is 13.1. The summed E-state index contributed by atoms with van der Waals surface area (Å²) < 4.78 is 29.8. The Bertz CT molecular complexity index is 1490. The topological polar surface area (TPSA) is 68.0 Å². The minimum absolute atomic E-state index is 0.167. The molecule has 1 aliphatic rings. The van der Waals surface area contributed by atoms with Gasteiger partial charge in [0.2, 0.25) is 5.88 Å². The molecule has 0 aliphatic heterocycles. The number of nitrogens with zero attached hydrogens (tertiary/aromatic N) is 3. The number of rotatable bonds is 9. The Labute approximate surface area is 220 Å². The quantitative estimate of drug-likeness (QED) is 0.275. The van der Waals surface area contributed by atoms with Crippen molar-refractivity contribution in [2.45, 2.75) is 58.4 Å². The zero-order valence-corrected chi connectivity index (χ0v) is 21.6. The van der Waals surface area contributed by atoms with E-state index in [1.807, 2.05) is 50.2 Å². The predicted octanol–water partition coefficient (Wildman–Crippen LogP) is 6.53. The molecule has 4 aromatic rings. The molecule has 0 amide bonds. The van der Waals surface area contributed by atoms with E-state index in [0.29, 0.717) is 30.1 Å². The molecule has 0 unspecified atom stereocenters. The first-order valence-corrected chi connectivity index (χ1v) is 13.1. The Balaban J connectivity index is 1.54. The number of hydrogen-bond donors (Lipinski definition) is 1. The van der Waals surface area contributed by atoms with Gasteiger partial charge in [-0.3, -0.25) is 14.3 Å². The fourth-order valence-corrected chi connectivity index (χ4v) is 5.12. The van der Waals surface area contributed by atoms with E-state index in [1.165, 1.54) is 12.1 Å². The van der Waals surface area contributed by atoms with E-state index in [-0.39, 0.29) is 23.4 Å². The summed E-state index contributed by atoms with van der Waals surface area (Å²) in [6, 6.07) is 14.4. The predicted molar refractivity (Wildman–Crippen MR) is 143 cm³/mol. The lowest BCUT2D eigenvalue weighted by molar-refractivity contribution is 0.418. The van der Waals surface area contributed by atoms with Crippen LogP contribution in [0.15, 0.2) is 65.6 Å². The van der Waals surface area contributed by atoms with Crippen molar-refractivity contribution in [2.75, 3.05) is 0 Å². The Morgan fingerprint density at radius 2 is 1.79 bits per heavy atom. The van der Waals surface area contributed by atoms with E-state index in [0.717, 1.165) is 47.7 Å². The van der Waals surface area contributed by atoms with Crippen molar-refractivity contribution in [1.29, 1.82) is 0 Å². The molecule has 0 saturated heterocycles. The SMILES string of the molecule is CC[C@@H](c1cc(F)cc(F)c1)n1c(CCC2CC2)nc(O)c(Cc2ccc(-c3cccnc3C)cc2)c1=O. The van der Waals surface area contributed by atoms with E-state index >= 15 is 0 Å². The highest BCUT2D eigenvalue weighted by atomic mass is 19.1. The van der Waals surface area contributed by atoms with Gasteiger partial charge in [0.05, 0.1) is 11.6 Å². The summed E-state index contributed by atoms with van der Waals surface area (Å²) in [6.07, 6.45) is 6.04. The smallest absolute Gasteiger partial charge is 0.261 e. The maximum absolute atomic E-state index is 14.1. The van der Waals surface area contributed by atoms with Crippen LogP contribution >= 0.6 is 0 Å². The van der Waals surface area contributed by atoms with Gasteiger partial charge in [0.1, 0.15) is 17.5 Å². The van der Waals surface area contributed by atoms with Crippen molar-refractivity contribution < 1.29 is 13.9 Å². The fraction of sp³-hybridized carbons (Fsp3) is 0.323. The number of aromatic nitrogens is 3. The van der Waals surface area contributed by atoms with Crippen molar-refractivity contribution in [3.05, 3.63) is 111 Å². The molecule has 1 aliphatic carbocycles. The van der Waals surface area contributed by atoms with Gasteiger partial charge in [-0.25, -0.2) is 8.78 Å². The largest absolute Gasteiger partial charge is 0.493 e. The molecular weight excluding hydrogens is 484 g/mol. The molecule has 2 heterocycles. The third-order valence-electron chi connectivity index (χ3n) is 7.35. The number of hydrogen-bond acceptors (Lipinski definition) is 4. The maximum Gasteiger partial charge on any atom is 0.261 e. The van der Waals surface area contributed by atoms with E-state index in [1.54, 1.807) is 10.8 Å². The summed E-state index contributed by atoms with van der Waals surface area (Å²) >= 11 is 0. The monoisotopic (exact) mass is 515 g/mol. The van der Waals surface area contributed by atoms with E-state index in [4.69, 9.17) is 0 Å². The third kappa shape index (κ3) is 5.52. The normalized spacial score (nSPS) is 14.0. The number of benzene rings is 2. The summed E-state index contributed by atoms with van der Waals surface area (Å²) in [5.74, 6) is -0.633. The molecule has 0 spiro atoms. The Hall–Kier alpha value is -3.87. The molecule has 2 aromatic carbocycles. The second-order valence-electron chi connectivity index (χ2n) is 10.1. The zero-order chi connectivity index (χ0) is 26.8. The number of pyridine rings is 1. The molecule has 38 heavy (non-hydrogen) atoms.